The van der Waals surface area contributed by atoms with Gasteiger partial charge < -0.3 is 9.64 Å². The molecule has 2 aromatic rings. The zero-order valence-corrected chi connectivity index (χ0v) is 16.6. The third-order valence-corrected chi connectivity index (χ3v) is 5.16. The summed E-state index contributed by atoms with van der Waals surface area (Å²) in [5, 5.41) is 0. The van der Waals surface area contributed by atoms with Crippen LogP contribution in [0.5, 0.6) is 0 Å². The number of benzene rings is 2. The molecule has 1 aliphatic heterocycles. The highest BCUT2D eigenvalue weighted by atomic mass is 79.9. The van der Waals surface area contributed by atoms with Crippen molar-refractivity contribution in [3.63, 3.8) is 0 Å². The molecule has 0 aliphatic carbocycles. The van der Waals surface area contributed by atoms with Crippen LogP contribution in [0.15, 0.2) is 53.0 Å². The van der Waals surface area contributed by atoms with Gasteiger partial charge in [0.2, 0.25) is 5.91 Å². The monoisotopic (exact) mass is 429 g/mol. The molecule has 27 heavy (non-hydrogen) atoms. The number of ketones is 1. The van der Waals surface area contributed by atoms with Crippen LogP contribution in [0.4, 0.5) is 5.69 Å². The molecule has 5 nitrogen and oxygen atoms in total. The zero-order chi connectivity index (χ0) is 19.4. The van der Waals surface area contributed by atoms with Crippen molar-refractivity contribution in [1.82, 2.24) is 0 Å². The summed E-state index contributed by atoms with van der Waals surface area (Å²) in [5.41, 5.74) is 2.44. The van der Waals surface area contributed by atoms with Crippen molar-refractivity contribution < 1.29 is 19.1 Å². The van der Waals surface area contributed by atoms with Gasteiger partial charge in [0.25, 0.3) is 0 Å². The average molecular weight is 430 g/mol. The van der Waals surface area contributed by atoms with Crippen molar-refractivity contribution >= 4 is 39.3 Å². The van der Waals surface area contributed by atoms with Gasteiger partial charge in [-0.05, 0) is 36.2 Å². The minimum Gasteiger partial charge on any atom is -0.457 e. The predicted molar refractivity (Wildman–Crippen MR) is 106 cm³/mol. The molecule has 1 saturated heterocycles. The number of Topliss-reactive ketones (excluding diaryl/α,β-unsaturated/α-hetero) is 1. The molecule has 3 rings (SSSR count). The van der Waals surface area contributed by atoms with Gasteiger partial charge in [0.1, 0.15) is 0 Å². The van der Waals surface area contributed by atoms with Gasteiger partial charge in [0, 0.05) is 28.7 Å². The maximum absolute atomic E-state index is 12.3. The van der Waals surface area contributed by atoms with E-state index in [1.807, 2.05) is 24.3 Å². The Balaban J connectivity index is 1.56. The van der Waals surface area contributed by atoms with E-state index in [0.717, 1.165) is 16.6 Å². The summed E-state index contributed by atoms with van der Waals surface area (Å²) in [4.78, 5) is 38.3. The Bertz CT molecular complexity index is 845. The van der Waals surface area contributed by atoms with Crippen molar-refractivity contribution in [2.45, 2.75) is 19.8 Å². The molecule has 0 spiro atoms. The highest BCUT2D eigenvalue weighted by Gasteiger charge is 2.36. The minimum atomic E-state index is -0.555. The molecule has 0 saturated carbocycles. The lowest BCUT2D eigenvalue weighted by Crippen LogP contribution is -2.27. The number of rotatable bonds is 6. The molecule has 0 radical (unpaired) electrons. The first-order chi connectivity index (χ1) is 13.0. The zero-order valence-electron chi connectivity index (χ0n) is 15.0. The number of ether oxygens (including phenoxy) is 1. The van der Waals surface area contributed by atoms with Crippen LogP contribution in [0.3, 0.4) is 0 Å². The molecule has 0 unspecified atom stereocenters. The summed E-state index contributed by atoms with van der Waals surface area (Å²) in [7, 11) is 0. The predicted octanol–water partition coefficient (Wildman–Crippen LogP) is 3.79. The fraction of sp³-hybridized carbons (Fsp3) is 0.286. The number of hydrogen-bond acceptors (Lipinski definition) is 4. The van der Waals surface area contributed by atoms with Crippen LogP contribution in [0.2, 0.25) is 0 Å². The molecule has 1 amide bonds. The van der Waals surface area contributed by atoms with Gasteiger partial charge in [-0.3, -0.25) is 14.4 Å². The van der Waals surface area contributed by atoms with E-state index in [0.29, 0.717) is 5.56 Å². The van der Waals surface area contributed by atoms with Crippen LogP contribution < -0.4 is 4.90 Å². The van der Waals surface area contributed by atoms with Crippen LogP contribution in [-0.2, 0) is 20.7 Å². The Morgan fingerprint density at radius 3 is 2.41 bits per heavy atom. The third kappa shape index (κ3) is 4.63. The third-order valence-electron chi connectivity index (χ3n) is 4.63. The van der Waals surface area contributed by atoms with Gasteiger partial charge in [-0.2, -0.15) is 0 Å². The molecule has 140 valence electrons. The summed E-state index contributed by atoms with van der Waals surface area (Å²) in [6.07, 6.45) is 1.02. The first-order valence-corrected chi connectivity index (χ1v) is 9.62. The molecule has 0 aromatic heterocycles. The van der Waals surface area contributed by atoms with Gasteiger partial charge in [-0.1, -0.05) is 47.1 Å². The lowest BCUT2D eigenvalue weighted by molar-refractivity contribution is -0.147. The largest absolute Gasteiger partial charge is 0.457 e. The van der Waals surface area contributed by atoms with Crippen molar-refractivity contribution in [2.75, 3.05) is 18.1 Å². The number of nitrogens with zero attached hydrogens (tertiary/aromatic N) is 1. The quantitative estimate of drug-likeness (QED) is 0.517. The second-order valence-electron chi connectivity index (χ2n) is 6.46. The lowest BCUT2D eigenvalue weighted by Gasteiger charge is -2.17. The van der Waals surface area contributed by atoms with Crippen molar-refractivity contribution in [3.05, 3.63) is 64.1 Å². The van der Waals surface area contributed by atoms with Crippen molar-refractivity contribution in [2.24, 2.45) is 5.92 Å². The molecule has 1 fully saturated rings. The number of carbonyl (C=O) groups excluding carboxylic acids is 3. The van der Waals surface area contributed by atoms with Crippen LogP contribution in [-0.4, -0.2) is 30.8 Å². The standard InChI is InChI=1S/C21H20BrNO4/c1-2-14-3-9-18(10-4-14)23-12-16(11-20(23)25)21(26)27-13-19(24)15-5-7-17(22)8-6-15/h3-10,16H,2,11-13H2,1H3/t16-/m1/s1. The van der Waals surface area contributed by atoms with Crippen LogP contribution in [0.1, 0.15) is 29.3 Å². The highest BCUT2D eigenvalue weighted by Crippen LogP contribution is 2.26. The van der Waals surface area contributed by atoms with E-state index in [9.17, 15) is 14.4 Å². The van der Waals surface area contributed by atoms with Crippen LogP contribution in [0, 0.1) is 5.92 Å². The van der Waals surface area contributed by atoms with Gasteiger partial charge in [0.15, 0.2) is 12.4 Å². The Kier molecular flexibility index (Phi) is 6.06. The first kappa shape index (κ1) is 19.3. The number of esters is 1. The Hall–Kier alpha value is -2.47. The molecule has 0 N–H and O–H groups in total. The maximum Gasteiger partial charge on any atom is 0.311 e. The maximum atomic E-state index is 12.3. The number of carbonyl (C=O) groups is 3. The number of halogens is 1. The van der Waals surface area contributed by atoms with Crippen LogP contribution in [0.25, 0.3) is 0 Å². The number of amides is 1. The summed E-state index contributed by atoms with van der Waals surface area (Å²) in [6.45, 7) is 2.02. The molecule has 1 atom stereocenters. The van der Waals surface area contributed by atoms with Gasteiger partial charge in [0.05, 0.1) is 5.92 Å². The Morgan fingerprint density at radius 1 is 1.11 bits per heavy atom. The second-order valence-corrected chi connectivity index (χ2v) is 7.38. The number of hydrogen-bond donors (Lipinski definition) is 0. The number of aryl methyl sites for hydroxylation is 1. The normalized spacial score (nSPS) is 16.4. The van der Waals surface area contributed by atoms with E-state index in [1.165, 1.54) is 5.56 Å². The van der Waals surface area contributed by atoms with Gasteiger partial charge in [-0.25, -0.2) is 0 Å². The molecule has 1 heterocycles. The average Bonchev–Trinajstić information content (AvgIpc) is 3.08. The molecular formula is C21H20BrNO4. The van der Waals surface area contributed by atoms with E-state index < -0.39 is 11.9 Å². The fourth-order valence-electron chi connectivity index (χ4n) is 3.00. The molecule has 2 aromatic carbocycles. The summed E-state index contributed by atoms with van der Waals surface area (Å²) in [5.74, 6) is -1.45. The van der Waals surface area contributed by atoms with Crippen molar-refractivity contribution in [1.29, 1.82) is 0 Å². The lowest BCUT2D eigenvalue weighted by atomic mass is 10.1. The smallest absolute Gasteiger partial charge is 0.311 e. The van der Waals surface area contributed by atoms with E-state index in [4.69, 9.17) is 4.74 Å². The van der Waals surface area contributed by atoms with E-state index >= 15 is 0 Å². The van der Waals surface area contributed by atoms with E-state index in [2.05, 4.69) is 22.9 Å². The Morgan fingerprint density at radius 2 is 1.78 bits per heavy atom. The highest BCUT2D eigenvalue weighted by molar-refractivity contribution is 9.10. The van der Waals surface area contributed by atoms with Gasteiger partial charge >= 0.3 is 5.97 Å². The summed E-state index contributed by atoms with van der Waals surface area (Å²) >= 11 is 3.31. The Labute approximate surface area is 166 Å². The van der Waals surface area contributed by atoms with Gasteiger partial charge in [-0.15, -0.1) is 0 Å². The molecule has 6 heteroatoms. The fourth-order valence-corrected chi connectivity index (χ4v) is 3.26. The summed E-state index contributed by atoms with van der Waals surface area (Å²) in [6, 6.07) is 14.6. The summed E-state index contributed by atoms with van der Waals surface area (Å²) < 4.78 is 6.03. The minimum absolute atomic E-state index is 0.0981. The van der Waals surface area contributed by atoms with E-state index in [-0.39, 0.29) is 31.3 Å². The molecular weight excluding hydrogens is 410 g/mol. The van der Waals surface area contributed by atoms with Crippen LogP contribution >= 0.6 is 15.9 Å². The number of anilines is 1. The second kappa shape index (κ2) is 8.48. The molecule has 1 aliphatic rings. The first-order valence-electron chi connectivity index (χ1n) is 8.82. The van der Waals surface area contributed by atoms with E-state index in [1.54, 1.807) is 29.2 Å². The molecule has 0 bridgehead atoms. The van der Waals surface area contributed by atoms with Crippen molar-refractivity contribution in [3.8, 4) is 0 Å². The topological polar surface area (TPSA) is 63.7 Å². The SMILES string of the molecule is CCc1ccc(N2C[C@H](C(=O)OCC(=O)c3ccc(Br)cc3)CC2=O)cc1.